The van der Waals surface area contributed by atoms with Crippen LogP contribution in [0.2, 0.25) is 0 Å². The van der Waals surface area contributed by atoms with E-state index in [1.807, 2.05) is 55.5 Å². The van der Waals surface area contributed by atoms with Crippen molar-refractivity contribution in [3.8, 4) is 34.4 Å². The summed E-state index contributed by atoms with van der Waals surface area (Å²) in [7, 11) is 5.55. The minimum absolute atomic E-state index is 0.0933. The predicted molar refractivity (Wildman–Crippen MR) is 285 cm³/mol. The second kappa shape index (κ2) is 26.8. The summed E-state index contributed by atoms with van der Waals surface area (Å²) in [4.78, 5) is 41.2. The average Bonchev–Trinajstić information content (AvgIpc) is 3.86. The number of piperazine rings is 1. The topological polar surface area (TPSA) is 166 Å². The van der Waals surface area contributed by atoms with Gasteiger partial charge in [-0.25, -0.2) is 4.98 Å². The number of carbonyl (C=O) groups is 2. The molecular weight excluding hydrogens is 923 g/mol. The van der Waals surface area contributed by atoms with E-state index < -0.39 is 6.04 Å². The summed E-state index contributed by atoms with van der Waals surface area (Å²) in [5, 5.41) is 19.2. The number of ether oxygens (including phenoxy) is 5. The van der Waals surface area contributed by atoms with Crippen LogP contribution in [-0.2, 0) is 25.5 Å². The molecule has 0 spiro atoms. The Labute approximate surface area is 432 Å². The smallest absolute Gasteiger partial charge is 0.245 e. The number of rotatable bonds is 24. The van der Waals surface area contributed by atoms with Crippen LogP contribution in [0.4, 0.5) is 17.2 Å². The van der Waals surface area contributed by atoms with E-state index in [9.17, 15) is 14.9 Å². The van der Waals surface area contributed by atoms with Gasteiger partial charge >= 0.3 is 0 Å². The molecule has 3 aliphatic heterocycles. The molecule has 1 aliphatic carbocycles. The van der Waals surface area contributed by atoms with Gasteiger partial charge in [0, 0.05) is 75.4 Å². The highest BCUT2D eigenvalue weighted by Crippen LogP contribution is 2.37. The standard InChI is InChI=1S/C57H77N9O7/c1-41(59-2)56(67)62-55(45-8-6-5-7-9-45)57(68)66-25-21-44-20-24-64(40-51(44)66)23-19-42-10-14-48(15-11-42)72-34-32-70-30-31-71-33-35-73-53-38-47(13-16-50(53)65-28-26-63(3)27-29-65)61-54-37-46(18-22-60-54)49-36-43(39-58)12-17-52(49)69-4/h10-18,22,36-38,41,44-45,51,55,59H,5-9,19-21,23-35,40H2,1-4H3,(H,60,61)(H,62,67)/t41-,44?,51?,55-/m0/s1. The molecule has 1 aromatic heterocycles. The molecule has 73 heavy (non-hydrogen) atoms. The first-order valence-electron chi connectivity index (χ1n) is 26.6. The molecule has 3 N–H and O–H groups in total. The van der Waals surface area contributed by atoms with Gasteiger partial charge in [0.1, 0.15) is 42.3 Å². The van der Waals surface area contributed by atoms with Gasteiger partial charge in [-0.3, -0.25) is 9.59 Å². The van der Waals surface area contributed by atoms with Crippen LogP contribution in [0.25, 0.3) is 11.1 Å². The third-order valence-corrected chi connectivity index (χ3v) is 15.2. The summed E-state index contributed by atoms with van der Waals surface area (Å²) >= 11 is 0. The van der Waals surface area contributed by atoms with E-state index in [4.69, 9.17) is 23.7 Å². The number of nitrogens with one attached hydrogen (secondary N) is 3. The first-order valence-corrected chi connectivity index (χ1v) is 26.6. The molecule has 1 saturated carbocycles. The van der Waals surface area contributed by atoms with E-state index in [-0.39, 0.29) is 29.8 Å². The van der Waals surface area contributed by atoms with Crippen LogP contribution in [0.1, 0.15) is 63.0 Å². The fraction of sp³-hybridized carbons (Fsp3) is 0.544. The number of pyridine rings is 1. The van der Waals surface area contributed by atoms with Crippen molar-refractivity contribution in [2.45, 2.75) is 76.4 Å². The fourth-order valence-corrected chi connectivity index (χ4v) is 10.7. The zero-order valence-electron chi connectivity index (χ0n) is 43.5. The maximum atomic E-state index is 14.3. The van der Waals surface area contributed by atoms with Gasteiger partial charge in [-0.2, -0.15) is 5.26 Å². The molecule has 2 amide bonds. The van der Waals surface area contributed by atoms with Crippen LogP contribution in [0, 0.1) is 23.2 Å². The highest BCUT2D eigenvalue weighted by atomic mass is 16.6. The molecule has 4 heterocycles. The molecule has 0 bridgehead atoms. The first-order chi connectivity index (χ1) is 35.7. The molecular formula is C57H77N9O7. The number of likely N-dealkylation sites (N-methyl/N-ethyl adjacent to an activating group) is 2. The minimum atomic E-state index is -0.442. The van der Waals surface area contributed by atoms with Gasteiger partial charge in [0.05, 0.1) is 56.9 Å². The van der Waals surface area contributed by atoms with Crippen LogP contribution < -0.4 is 35.1 Å². The minimum Gasteiger partial charge on any atom is -0.496 e. The lowest BCUT2D eigenvalue weighted by atomic mass is 9.83. The number of hydrogen-bond donors (Lipinski definition) is 3. The van der Waals surface area contributed by atoms with Gasteiger partial charge in [-0.1, -0.05) is 31.4 Å². The van der Waals surface area contributed by atoms with Gasteiger partial charge in [-0.15, -0.1) is 0 Å². The molecule has 392 valence electrons. The number of nitrogens with zero attached hydrogens (tertiary/aromatic N) is 6. The molecule has 4 aliphatic rings. The molecule has 3 saturated heterocycles. The fourth-order valence-electron chi connectivity index (χ4n) is 10.7. The number of hydrogen-bond acceptors (Lipinski definition) is 14. The van der Waals surface area contributed by atoms with Crippen LogP contribution in [0.5, 0.6) is 17.2 Å². The molecule has 3 aromatic carbocycles. The summed E-state index contributed by atoms with van der Waals surface area (Å²) in [6.07, 6.45) is 10.3. The Bertz CT molecular complexity index is 2440. The molecule has 8 rings (SSSR count). The van der Waals surface area contributed by atoms with Crippen LogP contribution >= 0.6 is 0 Å². The molecule has 4 atom stereocenters. The molecule has 0 radical (unpaired) electrons. The molecule has 2 unspecified atom stereocenters. The van der Waals surface area contributed by atoms with Crippen molar-refractivity contribution in [2.24, 2.45) is 11.8 Å². The molecule has 16 nitrogen and oxygen atoms in total. The maximum Gasteiger partial charge on any atom is 0.245 e. The molecule has 16 heteroatoms. The number of amides is 2. The Morgan fingerprint density at radius 2 is 1.55 bits per heavy atom. The lowest BCUT2D eigenvalue weighted by Gasteiger charge is -2.41. The third kappa shape index (κ3) is 14.6. The zero-order valence-corrected chi connectivity index (χ0v) is 43.5. The Balaban J connectivity index is 0.736. The average molecular weight is 1000 g/mol. The number of likely N-dealkylation sites (tertiary alicyclic amines) is 2. The highest BCUT2D eigenvalue weighted by molar-refractivity contribution is 5.90. The van der Waals surface area contributed by atoms with Crippen LogP contribution in [0.3, 0.4) is 0 Å². The normalized spacial score (nSPS) is 19.4. The van der Waals surface area contributed by atoms with Gasteiger partial charge < -0.3 is 59.2 Å². The van der Waals surface area contributed by atoms with Crippen LogP contribution in [0.15, 0.2) is 79.0 Å². The Morgan fingerprint density at radius 3 is 2.29 bits per heavy atom. The quantitative estimate of drug-likeness (QED) is 0.0631. The van der Waals surface area contributed by atoms with Crippen molar-refractivity contribution in [1.82, 2.24) is 30.3 Å². The number of anilines is 3. The molecule has 4 fully saturated rings. The van der Waals surface area contributed by atoms with E-state index in [0.717, 1.165) is 131 Å². The van der Waals surface area contributed by atoms with Crippen molar-refractivity contribution in [3.63, 3.8) is 0 Å². The summed E-state index contributed by atoms with van der Waals surface area (Å²) in [6, 6.07) is 25.4. The van der Waals surface area contributed by atoms with E-state index in [1.165, 1.54) is 12.0 Å². The number of piperidine rings is 1. The Kier molecular flexibility index (Phi) is 19.6. The molecule has 4 aromatic rings. The predicted octanol–water partition coefficient (Wildman–Crippen LogP) is 6.75. The lowest BCUT2D eigenvalue weighted by Crippen LogP contribution is -2.58. The number of methoxy groups -OCH3 is 1. The highest BCUT2D eigenvalue weighted by Gasteiger charge is 2.44. The van der Waals surface area contributed by atoms with Crippen molar-refractivity contribution < 1.29 is 33.3 Å². The van der Waals surface area contributed by atoms with Crippen LogP contribution in [-0.4, -0.2) is 163 Å². The lowest BCUT2D eigenvalue weighted by molar-refractivity contribution is -0.140. The zero-order chi connectivity index (χ0) is 50.9. The van der Waals surface area contributed by atoms with Crippen molar-refractivity contribution in [3.05, 3.63) is 90.1 Å². The van der Waals surface area contributed by atoms with Gasteiger partial charge in [0.25, 0.3) is 0 Å². The van der Waals surface area contributed by atoms with E-state index >= 15 is 0 Å². The van der Waals surface area contributed by atoms with E-state index in [2.05, 4.69) is 71.8 Å². The largest absolute Gasteiger partial charge is 0.496 e. The number of aromatic nitrogens is 1. The van der Waals surface area contributed by atoms with E-state index in [1.54, 1.807) is 26.4 Å². The summed E-state index contributed by atoms with van der Waals surface area (Å²) < 4.78 is 29.7. The Hall–Kier alpha value is -5.96. The van der Waals surface area contributed by atoms with Gasteiger partial charge in [0.15, 0.2) is 0 Å². The number of fused-ring (bicyclic) bond motifs is 1. The second-order valence-electron chi connectivity index (χ2n) is 20.0. The SMILES string of the molecule is CN[C@@H](C)C(=O)N[C@H](C(=O)N1CCC2CCN(CCc3ccc(OCCOCCOCCOc4cc(Nc5cc(-c6cc(C#N)ccc6OC)ccn5)ccc4N4CCN(C)CC4)cc3)CC21)C1CCCCC1. The summed E-state index contributed by atoms with van der Waals surface area (Å²) in [6.45, 7) is 11.8. The van der Waals surface area contributed by atoms with Crippen molar-refractivity contribution in [1.29, 1.82) is 5.26 Å². The van der Waals surface area contributed by atoms with Crippen molar-refractivity contribution >= 4 is 29.0 Å². The number of nitriles is 1. The van der Waals surface area contributed by atoms with E-state index in [0.29, 0.717) is 62.7 Å². The third-order valence-electron chi connectivity index (χ3n) is 15.2. The summed E-state index contributed by atoms with van der Waals surface area (Å²) in [5.41, 5.74) is 5.39. The monoisotopic (exact) mass is 1000 g/mol. The second-order valence-corrected chi connectivity index (χ2v) is 20.0. The Morgan fingerprint density at radius 1 is 0.808 bits per heavy atom. The maximum absolute atomic E-state index is 14.3. The first kappa shape index (κ1) is 53.3. The summed E-state index contributed by atoms with van der Waals surface area (Å²) in [5.74, 6) is 3.68. The number of benzene rings is 3. The van der Waals surface area contributed by atoms with Gasteiger partial charge in [-0.05, 0) is 137 Å². The number of carbonyl (C=O) groups excluding carboxylic acids is 2. The van der Waals surface area contributed by atoms with Gasteiger partial charge in [0.2, 0.25) is 11.8 Å². The van der Waals surface area contributed by atoms with Crippen molar-refractivity contribution in [2.75, 3.05) is 123 Å².